The molecule has 0 fully saturated rings. The van der Waals surface area contributed by atoms with Gasteiger partial charge in [0.1, 0.15) is 5.69 Å². The molecule has 1 N–H and O–H groups in total. The summed E-state index contributed by atoms with van der Waals surface area (Å²) in [6.45, 7) is 5.76. The number of H-pyrrole nitrogens is 1. The number of aryl methyl sites for hydroxylation is 1. The van der Waals surface area contributed by atoms with Crippen LogP contribution in [-0.2, 0) is 6.42 Å². The summed E-state index contributed by atoms with van der Waals surface area (Å²) in [7, 11) is 0. The second kappa shape index (κ2) is 3.03. The number of hydrogen-bond acceptors (Lipinski definition) is 1. The summed E-state index contributed by atoms with van der Waals surface area (Å²) in [5.41, 5.74) is 1.15. The molecule has 0 saturated carbocycles. The van der Waals surface area contributed by atoms with Gasteiger partial charge in [-0.05, 0) is 6.42 Å². The van der Waals surface area contributed by atoms with Gasteiger partial charge in [-0.25, -0.2) is 4.39 Å². The van der Waals surface area contributed by atoms with Crippen LogP contribution in [0, 0.1) is 5.82 Å². The van der Waals surface area contributed by atoms with Crippen LogP contribution in [0.4, 0.5) is 4.39 Å². The predicted octanol–water partition coefficient (Wildman–Crippen LogP) is 2.23. The standard InChI is InChI=1S/C8H13FN2/c1-4-6-7(9)8(5(2)3)11-10-6/h5H,4H2,1-3H3,(H,10,11). The van der Waals surface area contributed by atoms with E-state index in [0.717, 1.165) is 0 Å². The Morgan fingerprint density at radius 1 is 1.55 bits per heavy atom. The highest BCUT2D eigenvalue weighted by molar-refractivity contribution is 5.14. The van der Waals surface area contributed by atoms with Crippen LogP contribution in [0.5, 0.6) is 0 Å². The molecule has 0 saturated heterocycles. The van der Waals surface area contributed by atoms with Gasteiger partial charge in [-0.15, -0.1) is 0 Å². The van der Waals surface area contributed by atoms with Gasteiger partial charge in [0.25, 0.3) is 0 Å². The van der Waals surface area contributed by atoms with Crippen LogP contribution >= 0.6 is 0 Å². The topological polar surface area (TPSA) is 28.7 Å². The highest BCUT2D eigenvalue weighted by atomic mass is 19.1. The molecule has 0 aliphatic heterocycles. The number of halogens is 1. The first-order valence-electron chi connectivity index (χ1n) is 3.89. The van der Waals surface area contributed by atoms with Crippen molar-refractivity contribution in [3.05, 3.63) is 17.2 Å². The van der Waals surface area contributed by atoms with Gasteiger partial charge < -0.3 is 0 Å². The molecule has 0 amide bonds. The molecule has 1 aromatic heterocycles. The van der Waals surface area contributed by atoms with Crippen molar-refractivity contribution in [2.75, 3.05) is 0 Å². The molecule has 0 aliphatic carbocycles. The van der Waals surface area contributed by atoms with Crippen LogP contribution in [0.2, 0.25) is 0 Å². The van der Waals surface area contributed by atoms with Gasteiger partial charge in [-0.1, -0.05) is 20.8 Å². The number of hydrogen-bond donors (Lipinski definition) is 1. The van der Waals surface area contributed by atoms with Gasteiger partial charge in [0.15, 0.2) is 5.82 Å². The molecule has 3 heteroatoms. The van der Waals surface area contributed by atoms with E-state index in [4.69, 9.17) is 0 Å². The molecule has 0 atom stereocenters. The van der Waals surface area contributed by atoms with Crippen LogP contribution in [-0.4, -0.2) is 10.2 Å². The Labute approximate surface area is 65.8 Å². The predicted molar refractivity (Wildman–Crippen MR) is 42.0 cm³/mol. The average molecular weight is 156 g/mol. The maximum atomic E-state index is 13.2. The lowest BCUT2D eigenvalue weighted by Crippen LogP contribution is -1.91. The van der Waals surface area contributed by atoms with Gasteiger partial charge in [0, 0.05) is 5.92 Å². The van der Waals surface area contributed by atoms with Crippen molar-refractivity contribution >= 4 is 0 Å². The summed E-state index contributed by atoms with van der Waals surface area (Å²) in [4.78, 5) is 0. The summed E-state index contributed by atoms with van der Waals surface area (Å²) in [5.74, 6) is -0.00551. The molecular weight excluding hydrogens is 143 g/mol. The summed E-state index contributed by atoms with van der Waals surface area (Å²) < 4.78 is 13.2. The second-order valence-corrected chi connectivity index (χ2v) is 2.91. The van der Waals surface area contributed by atoms with Crippen LogP contribution in [0.1, 0.15) is 38.1 Å². The maximum Gasteiger partial charge on any atom is 0.167 e. The fraction of sp³-hybridized carbons (Fsp3) is 0.625. The first kappa shape index (κ1) is 8.24. The van der Waals surface area contributed by atoms with Crippen molar-refractivity contribution in [1.82, 2.24) is 10.2 Å². The fourth-order valence-corrected chi connectivity index (χ4v) is 0.997. The summed E-state index contributed by atoms with van der Waals surface area (Å²) in [6, 6.07) is 0. The fourth-order valence-electron chi connectivity index (χ4n) is 0.997. The summed E-state index contributed by atoms with van der Waals surface area (Å²) >= 11 is 0. The smallest absolute Gasteiger partial charge is 0.167 e. The Bertz CT molecular complexity index is 240. The van der Waals surface area contributed by atoms with Gasteiger partial charge in [0.05, 0.1) is 5.69 Å². The molecule has 0 radical (unpaired) electrons. The number of aromatic nitrogens is 2. The largest absolute Gasteiger partial charge is 0.279 e. The lowest BCUT2D eigenvalue weighted by atomic mass is 10.1. The van der Waals surface area contributed by atoms with E-state index in [1.54, 1.807) is 0 Å². The Morgan fingerprint density at radius 2 is 2.18 bits per heavy atom. The zero-order chi connectivity index (χ0) is 8.43. The van der Waals surface area contributed by atoms with Crippen LogP contribution in [0.15, 0.2) is 0 Å². The van der Waals surface area contributed by atoms with Crippen molar-refractivity contribution in [1.29, 1.82) is 0 Å². The van der Waals surface area contributed by atoms with E-state index in [2.05, 4.69) is 10.2 Å². The number of nitrogens with one attached hydrogen (secondary N) is 1. The SMILES string of the molecule is CCc1[nH]nc(C(C)C)c1F. The minimum atomic E-state index is -0.164. The molecule has 0 unspecified atom stereocenters. The average Bonchev–Trinajstić information content (AvgIpc) is 2.30. The van der Waals surface area contributed by atoms with E-state index in [1.165, 1.54) is 0 Å². The van der Waals surface area contributed by atoms with Crippen molar-refractivity contribution in [2.24, 2.45) is 0 Å². The lowest BCUT2D eigenvalue weighted by molar-refractivity contribution is 0.585. The molecule has 0 aromatic carbocycles. The Hall–Kier alpha value is -0.860. The van der Waals surface area contributed by atoms with Crippen LogP contribution < -0.4 is 0 Å². The van der Waals surface area contributed by atoms with Crippen LogP contribution in [0.3, 0.4) is 0 Å². The lowest BCUT2D eigenvalue weighted by Gasteiger charge is -1.97. The monoisotopic (exact) mass is 156 g/mol. The molecule has 1 rings (SSSR count). The second-order valence-electron chi connectivity index (χ2n) is 2.91. The zero-order valence-electron chi connectivity index (χ0n) is 7.11. The molecular formula is C8H13FN2. The normalized spacial score (nSPS) is 11.0. The summed E-state index contributed by atoms with van der Waals surface area (Å²) in [5, 5.41) is 6.57. The zero-order valence-corrected chi connectivity index (χ0v) is 7.11. The molecule has 0 aliphatic rings. The Kier molecular flexibility index (Phi) is 2.27. The first-order valence-corrected chi connectivity index (χ1v) is 3.89. The van der Waals surface area contributed by atoms with Gasteiger partial charge in [-0.2, -0.15) is 5.10 Å². The number of aromatic amines is 1. The van der Waals surface area contributed by atoms with E-state index in [1.807, 2.05) is 20.8 Å². The molecule has 2 nitrogen and oxygen atoms in total. The van der Waals surface area contributed by atoms with E-state index >= 15 is 0 Å². The third-order valence-corrected chi connectivity index (χ3v) is 1.70. The highest BCUT2D eigenvalue weighted by Gasteiger charge is 2.13. The molecule has 1 aromatic rings. The van der Waals surface area contributed by atoms with Crippen LogP contribution in [0.25, 0.3) is 0 Å². The molecule has 62 valence electrons. The maximum absolute atomic E-state index is 13.2. The number of nitrogens with zero attached hydrogens (tertiary/aromatic N) is 1. The quantitative estimate of drug-likeness (QED) is 0.698. The van der Waals surface area contributed by atoms with Crippen molar-refractivity contribution < 1.29 is 4.39 Å². The molecule has 11 heavy (non-hydrogen) atoms. The first-order chi connectivity index (χ1) is 5.16. The molecule has 0 bridgehead atoms. The van der Waals surface area contributed by atoms with Gasteiger partial charge in [0.2, 0.25) is 0 Å². The Balaban J connectivity index is 3.00. The van der Waals surface area contributed by atoms with Crippen molar-refractivity contribution in [2.45, 2.75) is 33.1 Å². The third-order valence-electron chi connectivity index (χ3n) is 1.70. The molecule has 1 heterocycles. The highest BCUT2D eigenvalue weighted by Crippen LogP contribution is 2.17. The minimum Gasteiger partial charge on any atom is -0.279 e. The Morgan fingerprint density at radius 3 is 2.45 bits per heavy atom. The van der Waals surface area contributed by atoms with E-state index in [0.29, 0.717) is 17.8 Å². The van der Waals surface area contributed by atoms with Crippen molar-refractivity contribution in [3.63, 3.8) is 0 Å². The van der Waals surface area contributed by atoms with Gasteiger partial charge >= 0.3 is 0 Å². The molecule has 0 spiro atoms. The van der Waals surface area contributed by atoms with Crippen molar-refractivity contribution in [3.8, 4) is 0 Å². The summed E-state index contributed by atoms with van der Waals surface area (Å²) in [6.07, 6.45) is 0.672. The van der Waals surface area contributed by atoms with E-state index in [-0.39, 0.29) is 11.7 Å². The van der Waals surface area contributed by atoms with Gasteiger partial charge in [-0.3, -0.25) is 5.10 Å². The number of rotatable bonds is 2. The van der Waals surface area contributed by atoms with E-state index < -0.39 is 0 Å². The van der Waals surface area contributed by atoms with E-state index in [9.17, 15) is 4.39 Å². The minimum absolute atomic E-state index is 0.159. The third kappa shape index (κ3) is 1.42.